The molecule has 130 valence electrons. The van der Waals surface area contributed by atoms with Gasteiger partial charge in [-0.3, -0.25) is 0 Å². The van der Waals surface area contributed by atoms with Gasteiger partial charge in [0, 0.05) is 6.54 Å². The highest BCUT2D eigenvalue weighted by atomic mass is 32.2. The monoisotopic (exact) mass is 357 g/mol. The van der Waals surface area contributed by atoms with Crippen molar-refractivity contribution in [2.45, 2.75) is 11.4 Å². The second-order valence-electron chi connectivity index (χ2n) is 5.52. The Morgan fingerprint density at radius 1 is 0.880 bits per heavy atom. The Morgan fingerprint density at radius 2 is 1.60 bits per heavy atom. The average Bonchev–Trinajstić information content (AvgIpc) is 2.65. The van der Waals surface area contributed by atoms with Gasteiger partial charge in [-0.15, -0.1) is 0 Å². The average molecular weight is 357 g/mol. The van der Waals surface area contributed by atoms with Gasteiger partial charge in [-0.25, -0.2) is 13.1 Å². The predicted molar refractivity (Wildman–Crippen MR) is 97.5 cm³/mol. The van der Waals surface area contributed by atoms with E-state index in [9.17, 15) is 8.42 Å². The minimum absolute atomic E-state index is 0.128. The van der Waals surface area contributed by atoms with E-state index >= 15 is 0 Å². The smallest absolute Gasteiger partial charge is 0.244 e. The molecule has 0 aliphatic rings. The van der Waals surface area contributed by atoms with E-state index in [2.05, 4.69) is 4.72 Å². The largest absolute Gasteiger partial charge is 0.497 e. The molecular weight excluding hydrogens is 338 g/mol. The second-order valence-corrected chi connectivity index (χ2v) is 7.26. The summed E-state index contributed by atoms with van der Waals surface area (Å²) < 4.78 is 38.0. The van der Waals surface area contributed by atoms with Gasteiger partial charge in [-0.2, -0.15) is 0 Å². The van der Waals surface area contributed by atoms with Crippen molar-refractivity contribution in [1.82, 2.24) is 4.72 Å². The summed E-state index contributed by atoms with van der Waals surface area (Å²) in [5, 5.41) is 2.06. The summed E-state index contributed by atoms with van der Waals surface area (Å²) in [5.41, 5.74) is 0.871. The fraction of sp³-hybridized carbons (Fsp3) is 0.158. The van der Waals surface area contributed by atoms with E-state index in [1.165, 1.54) is 13.2 Å². The molecule has 5 nitrogen and oxygen atoms in total. The van der Waals surface area contributed by atoms with Crippen molar-refractivity contribution in [3.63, 3.8) is 0 Å². The lowest BCUT2D eigenvalue weighted by molar-refractivity contribution is 0.402. The highest BCUT2D eigenvalue weighted by molar-refractivity contribution is 7.89. The number of hydrogen-bond donors (Lipinski definition) is 1. The SMILES string of the molecule is COc1ccc2cc(CNS(=O)(=O)c3ccccc3OC)ccc2c1. The van der Waals surface area contributed by atoms with Gasteiger partial charge < -0.3 is 9.47 Å². The van der Waals surface area contributed by atoms with E-state index in [4.69, 9.17) is 9.47 Å². The van der Waals surface area contributed by atoms with Crippen LogP contribution in [0, 0.1) is 0 Å². The van der Waals surface area contributed by atoms with Gasteiger partial charge in [0.25, 0.3) is 0 Å². The van der Waals surface area contributed by atoms with E-state index in [1.807, 2.05) is 36.4 Å². The first kappa shape index (κ1) is 17.3. The van der Waals surface area contributed by atoms with Gasteiger partial charge in [0.15, 0.2) is 0 Å². The zero-order chi connectivity index (χ0) is 17.9. The molecule has 0 saturated heterocycles. The van der Waals surface area contributed by atoms with Crippen molar-refractivity contribution in [1.29, 1.82) is 0 Å². The topological polar surface area (TPSA) is 64.6 Å². The maximum Gasteiger partial charge on any atom is 0.244 e. The van der Waals surface area contributed by atoms with Crippen LogP contribution in [-0.4, -0.2) is 22.6 Å². The number of benzene rings is 3. The summed E-state index contributed by atoms with van der Waals surface area (Å²) in [6, 6.07) is 18.1. The van der Waals surface area contributed by atoms with Gasteiger partial charge in [-0.05, 0) is 46.7 Å². The van der Waals surface area contributed by atoms with Gasteiger partial charge in [0.2, 0.25) is 10.0 Å². The number of fused-ring (bicyclic) bond motifs is 1. The number of ether oxygens (including phenoxy) is 2. The van der Waals surface area contributed by atoms with Crippen LogP contribution in [0.25, 0.3) is 10.8 Å². The quantitative estimate of drug-likeness (QED) is 0.735. The first-order valence-corrected chi connectivity index (χ1v) is 9.21. The Hall–Kier alpha value is -2.57. The summed E-state index contributed by atoms with van der Waals surface area (Å²) in [4.78, 5) is 0.128. The van der Waals surface area contributed by atoms with E-state index in [0.717, 1.165) is 22.1 Å². The van der Waals surface area contributed by atoms with Gasteiger partial charge in [-0.1, -0.05) is 30.3 Å². The molecule has 3 aromatic carbocycles. The van der Waals surface area contributed by atoms with Crippen LogP contribution < -0.4 is 14.2 Å². The molecule has 0 spiro atoms. The number of hydrogen-bond acceptors (Lipinski definition) is 4. The van der Waals surface area contributed by atoms with Crippen LogP contribution in [0.1, 0.15) is 5.56 Å². The van der Waals surface area contributed by atoms with Gasteiger partial charge >= 0.3 is 0 Å². The van der Waals surface area contributed by atoms with E-state index in [0.29, 0.717) is 5.75 Å². The third-order valence-electron chi connectivity index (χ3n) is 3.94. The van der Waals surface area contributed by atoms with Crippen molar-refractivity contribution in [2.24, 2.45) is 0 Å². The molecule has 0 aromatic heterocycles. The molecule has 1 N–H and O–H groups in total. The minimum Gasteiger partial charge on any atom is -0.497 e. The Balaban J connectivity index is 1.82. The lowest BCUT2D eigenvalue weighted by atomic mass is 10.1. The number of methoxy groups -OCH3 is 2. The van der Waals surface area contributed by atoms with Crippen molar-refractivity contribution >= 4 is 20.8 Å². The minimum atomic E-state index is -3.66. The third kappa shape index (κ3) is 3.75. The van der Waals surface area contributed by atoms with Crippen molar-refractivity contribution < 1.29 is 17.9 Å². The normalized spacial score (nSPS) is 11.4. The van der Waals surface area contributed by atoms with Crippen LogP contribution in [0.4, 0.5) is 0 Å². The van der Waals surface area contributed by atoms with Crippen LogP contribution in [0.3, 0.4) is 0 Å². The highest BCUT2D eigenvalue weighted by Crippen LogP contribution is 2.24. The molecular formula is C19H19NO4S. The van der Waals surface area contributed by atoms with Crippen LogP contribution in [0.15, 0.2) is 65.6 Å². The summed E-state index contributed by atoms with van der Waals surface area (Å²) >= 11 is 0. The molecule has 0 atom stereocenters. The second kappa shape index (κ2) is 7.13. The van der Waals surface area contributed by atoms with E-state index in [1.54, 1.807) is 25.3 Å². The molecule has 3 rings (SSSR count). The lowest BCUT2D eigenvalue weighted by Crippen LogP contribution is -2.23. The van der Waals surface area contributed by atoms with Crippen LogP contribution in [0.2, 0.25) is 0 Å². The zero-order valence-electron chi connectivity index (χ0n) is 14.0. The molecule has 0 bridgehead atoms. The Morgan fingerprint density at radius 3 is 2.36 bits per heavy atom. The molecule has 0 radical (unpaired) electrons. The molecule has 6 heteroatoms. The zero-order valence-corrected chi connectivity index (χ0v) is 14.8. The first-order chi connectivity index (χ1) is 12.0. The Bertz CT molecular complexity index is 999. The molecule has 3 aromatic rings. The maximum absolute atomic E-state index is 12.5. The maximum atomic E-state index is 12.5. The number of sulfonamides is 1. The summed E-state index contributed by atoms with van der Waals surface area (Å²) in [6.07, 6.45) is 0. The molecule has 25 heavy (non-hydrogen) atoms. The van der Waals surface area contributed by atoms with E-state index < -0.39 is 10.0 Å². The Labute approximate surface area is 147 Å². The lowest BCUT2D eigenvalue weighted by Gasteiger charge is -2.11. The fourth-order valence-electron chi connectivity index (χ4n) is 2.61. The van der Waals surface area contributed by atoms with Crippen LogP contribution >= 0.6 is 0 Å². The molecule has 0 aliphatic heterocycles. The van der Waals surface area contributed by atoms with Crippen molar-refractivity contribution in [3.05, 3.63) is 66.2 Å². The molecule has 0 saturated carbocycles. The summed E-state index contributed by atoms with van der Waals surface area (Å²) in [5.74, 6) is 1.11. The first-order valence-electron chi connectivity index (χ1n) is 7.73. The van der Waals surface area contributed by atoms with Gasteiger partial charge in [0.05, 0.1) is 14.2 Å². The van der Waals surface area contributed by atoms with E-state index in [-0.39, 0.29) is 11.4 Å². The Kier molecular flexibility index (Phi) is 4.92. The van der Waals surface area contributed by atoms with Crippen molar-refractivity contribution in [3.8, 4) is 11.5 Å². The van der Waals surface area contributed by atoms with Crippen LogP contribution in [-0.2, 0) is 16.6 Å². The molecule has 0 heterocycles. The predicted octanol–water partition coefficient (Wildman–Crippen LogP) is 3.34. The molecule has 0 fully saturated rings. The van der Waals surface area contributed by atoms with Crippen molar-refractivity contribution in [2.75, 3.05) is 14.2 Å². The fourth-order valence-corrected chi connectivity index (χ4v) is 3.79. The molecule has 0 amide bonds. The van der Waals surface area contributed by atoms with Crippen LogP contribution in [0.5, 0.6) is 11.5 Å². The molecule has 0 aliphatic carbocycles. The number of rotatable bonds is 6. The molecule has 0 unspecified atom stereocenters. The summed E-state index contributed by atoms with van der Waals surface area (Å²) in [7, 11) is -0.583. The standard InChI is InChI=1S/C19H19NO4S/c1-23-17-10-9-15-11-14(7-8-16(15)12-17)13-20-25(21,22)19-6-4-3-5-18(19)24-2/h3-12,20H,13H2,1-2H3. The number of para-hydroxylation sites is 1. The summed E-state index contributed by atoms with van der Waals surface area (Å²) in [6.45, 7) is 0.197. The highest BCUT2D eigenvalue weighted by Gasteiger charge is 2.18. The van der Waals surface area contributed by atoms with Gasteiger partial charge in [0.1, 0.15) is 16.4 Å². The third-order valence-corrected chi connectivity index (χ3v) is 5.38. The number of nitrogens with one attached hydrogen (secondary N) is 1.